The largest absolute Gasteiger partial charge is 0.494 e. The Morgan fingerprint density at radius 2 is 1.87 bits per heavy atom. The Morgan fingerprint density at radius 3 is 2.53 bits per heavy atom. The summed E-state index contributed by atoms with van der Waals surface area (Å²) in [5.74, 6) is -0.197. The van der Waals surface area contributed by atoms with Crippen molar-refractivity contribution in [1.82, 2.24) is 19.9 Å². The molecule has 0 saturated heterocycles. The summed E-state index contributed by atoms with van der Waals surface area (Å²) >= 11 is 0. The third-order valence-corrected chi connectivity index (χ3v) is 5.69. The Labute approximate surface area is 218 Å². The van der Waals surface area contributed by atoms with E-state index in [0.29, 0.717) is 47.9 Å². The van der Waals surface area contributed by atoms with Crippen LogP contribution in [0.5, 0.6) is 5.75 Å². The number of primary amides is 1. The van der Waals surface area contributed by atoms with Gasteiger partial charge in [-0.05, 0) is 31.0 Å². The standard InChI is InChI=1S/C26H28N6O6/c1-15-22(38-16(2)29-15)24(34)31-25-30-19-12-18(23(27)33)13-20(36-3)21(19)32(25)11-7-10-28-26(35)37-14-17-8-5-4-6-9-17/h4-6,8-9,12-13H,7,10-11,14H2,1-3H3,(H2,27,33)(H,28,35)(H,30,31,34). The number of carbonyl (C=O) groups excluding carboxylic acids is 3. The minimum Gasteiger partial charge on any atom is -0.494 e. The zero-order chi connectivity index (χ0) is 27.2. The fraction of sp³-hybridized carbons (Fsp3) is 0.269. The number of methoxy groups -OCH3 is 1. The zero-order valence-corrected chi connectivity index (χ0v) is 21.2. The van der Waals surface area contributed by atoms with Crippen LogP contribution in [-0.2, 0) is 17.9 Å². The van der Waals surface area contributed by atoms with Gasteiger partial charge in [-0.1, -0.05) is 30.3 Å². The summed E-state index contributed by atoms with van der Waals surface area (Å²) in [4.78, 5) is 45.5. The second-order valence-electron chi connectivity index (χ2n) is 8.44. The van der Waals surface area contributed by atoms with Crippen LogP contribution in [0, 0.1) is 13.8 Å². The molecule has 0 aliphatic rings. The minimum atomic E-state index is -0.642. The molecular weight excluding hydrogens is 492 g/mol. The Hall–Kier alpha value is -4.87. The molecule has 0 fully saturated rings. The maximum Gasteiger partial charge on any atom is 0.407 e. The number of oxazole rings is 1. The van der Waals surface area contributed by atoms with Crippen LogP contribution >= 0.6 is 0 Å². The Bertz CT molecular complexity index is 1480. The van der Waals surface area contributed by atoms with E-state index in [1.165, 1.54) is 19.2 Å². The third kappa shape index (κ3) is 5.91. The first-order valence-electron chi connectivity index (χ1n) is 11.8. The van der Waals surface area contributed by atoms with Crippen LogP contribution in [0.15, 0.2) is 46.9 Å². The van der Waals surface area contributed by atoms with Crippen molar-refractivity contribution in [2.75, 3.05) is 19.0 Å². The number of ether oxygens (including phenoxy) is 2. The topological polar surface area (TPSA) is 164 Å². The van der Waals surface area contributed by atoms with Crippen LogP contribution in [0.3, 0.4) is 0 Å². The van der Waals surface area contributed by atoms with E-state index in [9.17, 15) is 14.4 Å². The number of rotatable bonds is 10. The van der Waals surface area contributed by atoms with Gasteiger partial charge in [0.1, 0.15) is 17.9 Å². The van der Waals surface area contributed by atoms with Crippen molar-refractivity contribution >= 4 is 34.9 Å². The molecule has 0 spiro atoms. The average molecular weight is 521 g/mol. The van der Waals surface area contributed by atoms with Crippen molar-refractivity contribution in [2.24, 2.45) is 5.73 Å². The van der Waals surface area contributed by atoms with Crippen LogP contribution in [-0.4, -0.2) is 46.1 Å². The molecule has 0 saturated carbocycles. The first kappa shape index (κ1) is 26.2. The lowest BCUT2D eigenvalue weighted by Crippen LogP contribution is -2.26. The number of hydrogen-bond acceptors (Lipinski definition) is 8. The van der Waals surface area contributed by atoms with E-state index in [4.69, 9.17) is 19.6 Å². The van der Waals surface area contributed by atoms with E-state index in [1.807, 2.05) is 30.3 Å². The molecule has 4 rings (SSSR count). The van der Waals surface area contributed by atoms with E-state index in [-0.39, 0.29) is 23.9 Å². The highest BCUT2D eigenvalue weighted by Crippen LogP contribution is 2.31. The van der Waals surface area contributed by atoms with Gasteiger partial charge >= 0.3 is 6.09 Å². The molecule has 0 bridgehead atoms. The second kappa shape index (κ2) is 11.5. The SMILES string of the molecule is COc1cc(C(N)=O)cc2nc(NC(=O)c3oc(C)nc3C)n(CCCNC(=O)OCc3ccccc3)c12. The van der Waals surface area contributed by atoms with Gasteiger partial charge in [0.15, 0.2) is 5.89 Å². The van der Waals surface area contributed by atoms with Crippen LogP contribution < -0.4 is 21.1 Å². The number of alkyl carbamates (subject to hydrolysis) is 1. The minimum absolute atomic E-state index is 0.0636. The van der Waals surface area contributed by atoms with E-state index >= 15 is 0 Å². The molecule has 0 atom stereocenters. The number of nitrogens with zero attached hydrogens (tertiary/aromatic N) is 3. The Morgan fingerprint density at radius 1 is 1.11 bits per heavy atom. The first-order valence-corrected chi connectivity index (χ1v) is 11.8. The van der Waals surface area contributed by atoms with Crippen molar-refractivity contribution < 1.29 is 28.3 Å². The van der Waals surface area contributed by atoms with Gasteiger partial charge < -0.3 is 29.5 Å². The smallest absolute Gasteiger partial charge is 0.407 e. The fourth-order valence-electron chi connectivity index (χ4n) is 3.94. The molecule has 2 aromatic carbocycles. The Kier molecular flexibility index (Phi) is 7.90. The molecule has 12 heteroatoms. The molecule has 0 radical (unpaired) electrons. The first-order chi connectivity index (χ1) is 18.3. The highest BCUT2D eigenvalue weighted by Gasteiger charge is 2.22. The van der Waals surface area contributed by atoms with Crippen LogP contribution in [0.25, 0.3) is 11.0 Å². The number of amides is 3. The number of imidazole rings is 1. The average Bonchev–Trinajstić information content (AvgIpc) is 3.43. The van der Waals surface area contributed by atoms with Gasteiger partial charge in [0.25, 0.3) is 5.91 Å². The highest BCUT2D eigenvalue weighted by atomic mass is 16.5. The van der Waals surface area contributed by atoms with Crippen LogP contribution in [0.4, 0.5) is 10.7 Å². The number of hydrogen-bond donors (Lipinski definition) is 3. The Balaban J connectivity index is 1.52. The van der Waals surface area contributed by atoms with Gasteiger partial charge in [0, 0.05) is 25.6 Å². The lowest BCUT2D eigenvalue weighted by Gasteiger charge is -2.12. The summed E-state index contributed by atoms with van der Waals surface area (Å²) < 4.78 is 17.9. The maximum absolute atomic E-state index is 12.9. The summed E-state index contributed by atoms with van der Waals surface area (Å²) in [6, 6.07) is 12.4. The quantitative estimate of drug-likeness (QED) is 0.268. The van der Waals surface area contributed by atoms with E-state index in [0.717, 1.165) is 5.56 Å². The summed E-state index contributed by atoms with van der Waals surface area (Å²) in [5, 5.41) is 5.47. The monoisotopic (exact) mass is 520 g/mol. The van der Waals surface area contributed by atoms with Gasteiger partial charge in [0.05, 0.1) is 18.3 Å². The predicted molar refractivity (Wildman–Crippen MR) is 138 cm³/mol. The maximum atomic E-state index is 12.9. The molecule has 0 aliphatic heterocycles. The third-order valence-electron chi connectivity index (χ3n) is 5.69. The molecule has 4 N–H and O–H groups in total. The summed E-state index contributed by atoms with van der Waals surface area (Å²) in [5.41, 5.74) is 7.94. The second-order valence-corrected chi connectivity index (χ2v) is 8.44. The molecule has 198 valence electrons. The normalized spacial score (nSPS) is 10.8. The van der Waals surface area contributed by atoms with Crippen LogP contribution in [0.1, 0.15) is 44.5 Å². The molecule has 0 unspecified atom stereocenters. The highest BCUT2D eigenvalue weighted by molar-refractivity contribution is 6.04. The summed E-state index contributed by atoms with van der Waals surface area (Å²) in [7, 11) is 1.46. The van der Waals surface area contributed by atoms with Crippen LogP contribution in [0.2, 0.25) is 0 Å². The number of carbonyl (C=O) groups is 3. The molecule has 2 heterocycles. The van der Waals surface area contributed by atoms with Crippen molar-refractivity contribution in [3.05, 3.63) is 70.9 Å². The van der Waals surface area contributed by atoms with Gasteiger partial charge in [-0.25, -0.2) is 14.8 Å². The number of nitrogens with two attached hydrogens (primary N) is 1. The number of nitrogens with one attached hydrogen (secondary N) is 2. The zero-order valence-electron chi connectivity index (χ0n) is 21.2. The molecule has 3 amide bonds. The molecular formula is C26H28N6O6. The van der Waals surface area contributed by atoms with Crippen molar-refractivity contribution in [1.29, 1.82) is 0 Å². The van der Waals surface area contributed by atoms with Gasteiger partial charge in [0.2, 0.25) is 17.6 Å². The van der Waals surface area contributed by atoms with E-state index in [2.05, 4.69) is 20.6 Å². The summed E-state index contributed by atoms with van der Waals surface area (Å²) in [6.07, 6.45) is -0.0756. The number of aryl methyl sites for hydroxylation is 3. The summed E-state index contributed by atoms with van der Waals surface area (Å²) in [6.45, 7) is 4.11. The molecule has 12 nitrogen and oxygen atoms in total. The number of anilines is 1. The van der Waals surface area contributed by atoms with E-state index in [1.54, 1.807) is 18.4 Å². The van der Waals surface area contributed by atoms with Gasteiger partial charge in [-0.2, -0.15) is 0 Å². The molecule has 0 aliphatic carbocycles. The number of aromatic nitrogens is 3. The van der Waals surface area contributed by atoms with Gasteiger partial charge in [-0.15, -0.1) is 0 Å². The lowest BCUT2D eigenvalue weighted by atomic mass is 10.1. The van der Waals surface area contributed by atoms with Crippen molar-refractivity contribution in [3.8, 4) is 5.75 Å². The number of fused-ring (bicyclic) bond motifs is 1. The van der Waals surface area contributed by atoms with Gasteiger partial charge in [-0.3, -0.25) is 14.9 Å². The molecule has 38 heavy (non-hydrogen) atoms. The predicted octanol–water partition coefficient (Wildman–Crippen LogP) is 3.32. The van der Waals surface area contributed by atoms with E-state index < -0.39 is 17.9 Å². The van der Waals surface area contributed by atoms with Crippen molar-refractivity contribution in [2.45, 2.75) is 33.4 Å². The molecule has 2 aromatic heterocycles. The number of benzene rings is 2. The lowest BCUT2D eigenvalue weighted by molar-refractivity contribution is 0.0988. The van der Waals surface area contributed by atoms with Crippen molar-refractivity contribution in [3.63, 3.8) is 0 Å². The molecule has 4 aromatic rings. The fourth-order valence-corrected chi connectivity index (χ4v) is 3.94.